The van der Waals surface area contributed by atoms with Crippen LogP contribution in [0, 0.1) is 11.6 Å². The maximum absolute atomic E-state index is 13.6. The molecule has 0 saturated carbocycles. The molecule has 0 unspecified atom stereocenters. The zero-order valence-corrected chi connectivity index (χ0v) is 18.3. The molecule has 0 spiro atoms. The number of rotatable bonds is 8. The predicted octanol–water partition coefficient (Wildman–Crippen LogP) is 4.79. The van der Waals surface area contributed by atoms with E-state index in [1.807, 2.05) is 0 Å². The molecule has 0 atom stereocenters. The topological polar surface area (TPSA) is 75.3 Å². The average molecular weight is 477 g/mol. The minimum absolute atomic E-state index is 0.0169. The van der Waals surface area contributed by atoms with Crippen LogP contribution in [0.15, 0.2) is 77.7 Å². The minimum Gasteiger partial charge on any atom is -0.352 e. The van der Waals surface area contributed by atoms with Crippen molar-refractivity contribution in [3.05, 3.63) is 101 Å². The van der Waals surface area contributed by atoms with Gasteiger partial charge in [-0.05, 0) is 54.5 Å². The summed E-state index contributed by atoms with van der Waals surface area (Å²) in [5, 5.41) is 2.82. The second kappa shape index (κ2) is 10.4. The zero-order valence-electron chi connectivity index (χ0n) is 16.7. The van der Waals surface area contributed by atoms with E-state index in [-0.39, 0.29) is 34.1 Å². The van der Waals surface area contributed by atoms with Crippen LogP contribution in [0.1, 0.15) is 11.1 Å². The smallest absolute Gasteiger partial charge is 0.261 e. The van der Waals surface area contributed by atoms with Crippen molar-refractivity contribution >= 4 is 39.3 Å². The molecule has 0 saturated heterocycles. The number of halogens is 3. The van der Waals surface area contributed by atoms with Crippen LogP contribution in [0.3, 0.4) is 0 Å². The first-order valence-corrected chi connectivity index (χ1v) is 11.4. The Balaban J connectivity index is 1.56. The first-order chi connectivity index (χ1) is 15.3. The molecule has 166 valence electrons. The Morgan fingerprint density at radius 3 is 2.25 bits per heavy atom. The van der Waals surface area contributed by atoms with Gasteiger partial charge in [0.05, 0.1) is 15.6 Å². The molecule has 0 aliphatic carbocycles. The Kier molecular flexibility index (Phi) is 7.61. The third-order valence-corrected chi connectivity index (χ3v) is 6.18. The van der Waals surface area contributed by atoms with Gasteiger partial charge in [-0.2, -0.15) is 0 Å². The number of amides is 1. The Bertz CT molecular complexity index is 1230. The van der Waals surface area contributed by atoms with E-state index in [2.05, 4.69) is 10.0 Å². The molecule has 5 nitrogen and oxygen atoms in total. The molecule has 0 radical (unpaired) electrons. The molecule has 0 aliphatic rings. The number of anilines is 1. The van der Waals surface area contributed by atoms with Crippen LogP contribution in [0.4, 0.5) is 14.5 Å². The first-order valence-electron chi connectivity index (χ1n) is 9.52. The van der Waals surface area contributed by atoms with Crippen molar-refractivity contribution in [2.75, 3.05) is 11.3 Å². The number of hydrogen-bond acceptors (Lipinski definition) is 3. The molecule has 0 heterocycles. The van der Waals surface area contributed by atoms with E-state index < -0.39 is 27.6 Å². The molecule has 3 aromatic rings. The maximum atomic E-state index is 13.6. The van der Waals surface area contributed by atoms with Crippen molar-refractivity contribution in [2.45, 2.75) is 11.3 Å². The number of benzene rings is 3. The van der Waals surface area contributed by atoms with E-state index in [1.54, 1.807) is 36.4 Å². The van der Waals surface area contributed by atoms with Crippen LogP contribution in [0.25, 0.3) is 6.08 Å². The highest BCUT2D eigenvalue weighted by Gasteiger charge is 2.15. The Hall–Kier alpha value is -3.23. The van der Waals surface area contributed by atoms with Crippen LogP contribution in [-0.2, 0) is 21.2 Å². The molecule has 0 aliphatic heterocycles. The standard InChI is InChI=1S/C23H19ClF2N2O3S/c24-19-4-1-2-7-22(19)28-32(30,31)17-11-8-16(9-12-17)10-13-23(29)27-15-14-18-20(25)5-3-6-21(18)26/h1-13,28H,14-15H2,(H,27,29). The van der Waals surface area contributed by atoms with Gasteiger partial charge in [-0.25, -0.2) is 17.2 Å². The summed E-state index contributed by atoms with van der Waals surface area (Å²) in [6, 6.07) is 16.0. The number of sulfonamides is 1. The van der Waals surface area contributed by atoms with Crippen LogP contribution < -0.4 is 10.0 Å². The van der Waals surface area contributed by atoms with Gasteiger partial charge in [-0.15, -0.1) is 0 Å². The molecular weight excluding hydrogens is 458 g/mol. The lowest BCUT2D eigenvalue weighted by molar-refractivity contribution is -0.116. The van der Waals surface area contributed by atoms with E-state index in [1.165, 1.54) is 30.4 Å². The van der Waals surface area contributed by atoms with Crippen LogP contribution in [0.5, 0.6) is 0 Å². The van der Waals surface area contributed by atoms with Gasteiger partial charge in [0.15, 0.2) is 0 Å². The summed E-state index contributed by atoms with van der Waals surface area (Å²) in [4.78, 5) is 12.0. The summed E-state index contributed by atoms with van der Waals surface area (Å²) in [5.74, 6) is -1.76. The van der Waals surface area contributed by atoms with Gasteiger partial charge < -0.3 is 5.32 Å². The van der Waals surface area contributed by atoms with Gasteiger partial charge in [-0.3, -0.25) is 9.52 Å². The Morgan fingerprint density at radius 1 is 0.938 bits per heavy atom. The summed E-state index contributed by atoms with van der Waals surface area (Å²) < 4.78 is 54.6. The third kappa shape index (κ3) is 6.15. The van der Waals surface area contributed by atoms with Gasteiger partial charge >= 0.3 is 0 Å². The number of para-hydroxylation sites is 1. The minimum atomic E-state index is -3.83. The van der Waals surface area contributed by atoms with Crippen LogP contribution in [-0.4, -0.2) is 20.9 Å². The molecule has 3 rings (SSSR count). The number of carbonyl (C=O) groups excluding carboxylic acids is 1. The lowest BCUT2D eigenvalue weighted by atomic mass is 10.1. The first kappa shape index (κ1) is 23.4. The van der Waals surface area contributed by atoms with E-state index in [0.29, 0.717) is 5.56 Å². The van der Waals surface area contributed by atoms with E-state index in [9.17, 15) is 22.0 Å². The molecule has 0 fully saturated rings. The van der Waals surface area contributed by atoms with Gasteiger partial charge in [0, 0.05) is 18.2 Å². The summed E-state index contributed by atoms with van der Waals surface area (Å²) in [6.45, 7) is 0.0614. The zero-order chi connectivity index (χ0) is 23.1. The normalized spacial score (nSPS) is 11.5. The van der Waals surface area contributed by atoms with Gasteiger partial charge in [0.2, 0.25) is 5.91 Å². The second-order valence-corrected chi connectivity index (χ2v) is 8.82. The Morgan fingerprint density at radius 2 is 1.59 bits per heavy atom. The molecule has 9 heteroatoms. The summed E-state index contributed by atoms with van der Waals surface area (Å²) >= 11 is 5.99. The van der Waals surface area contributed by atoms with Crippen molar-refractivity contribution in [1.82, 2.24) is 5.32 Å². The summed E-state index contributed by atoms with van der Waals surface area (Å²) in [5.41, 5.74) is 0.779. The van der Waals surface area contributed by atoms with Crippen molar-refractivity contribution in [2.24, 2.45) is 0 Å². The number of carbonyl (C=O) groups is 1. The van der Waals surface area contributed by atoms with Gasteiger partial charge in [0.25, 0.3) is 10.0 Å². The van der Waals surface area contributed by atoms with Gasteiger partial charge in [-0.1, -0.05) is 41.9 Å². The molecule has 0 bridgehead atoms. The van der Waals surface area contributed by atoms with Crippen LogP contribution in [0.2, 0.25) is 5.02 Å². The lowest BCUT2D eigenvalue weighted by Gasteiger charge is -2.09. The fraction of sp³-hybridized carbons (Fsp3) is 0.0870. The average Bonchev–Trinajstić information content (AvgIpc) is 2.76. The molecule has 3 aromatic carbocycles. The van der Waals surface area contributed by atoms with Crippen LogP contribution >= 0.6 is 11.6 Å². The molecule has 2 N–H and O–H groups in total. The quantitative estimate of drug-likeness (QED) is 0.459. The highest BCUT2D eigenvalue weighted by molar-refractivity contribution is 7.92. The van der Waals surface area contributed by atoms with Crippen molar-refractivity contribution < 1.29 is 22.0 Å². The van der Waals surface area contributed by atoms with Crippen molar-refractivity contribution in [3.8, 4) is 0 Å². The number of hydrogen-bond donors (Lipinski definition) is 2. The van der Waals surface area contributed by atoms with E-state index in [4.69, 9.17) is 11.6 Å². The molecular formula is C23H19ClF2N2O3S. The van der Waals surface area contributed by atoms with Crippen molar-refractivity contribution in [3.63, 3.8) is 0 Å². The predicted molar refractivity (Wildman–Crippen MR) is 121 cm³/mol. The molecule has 32 heavy (non-hydrogen) atoms. The van der Waals surface area contributed by atoms with E-state index in [0.717, 1.165) is 12.1 Å². The maximum Gasteiger partial charge on any atom is 0.261 e. The Labute approximate surface area is 189 Å². The second-order valence-electron chi connectivity index (χ2n) is 6.73. The fourth-order valence-corrected chi connectivity index (χ4v) is 4.14. The molecule has 0 aromatic heterocycles. The highest BCUT2D eigenvalue weighted by Crippen LogP contribution is 2.24. The monoisotopic (exact) mass is 476 g/mol. The summed E-state index contributed by atoms with van der Waals surface area (Å²) in [7, 11) is -3.83. The van der Waals surface area contributed by atoms with Crippen molar-refractivity contribution in [1.29, 1.82) is 0 Å². The number of nitrogens with one attached hydrogen (secondary N) is 2. The fourth-order valence-electron chi connectivity index (χ4n) is 2.82. The third-order valence-electron chi connectivity index (χ3n) is 4.47. The largest absolute Gasteiger partial charge is 0.352 e. The molecule has 1 amide bonds. The van der Waals surface area contributed by atoms with Gasteiger partial charge in [0.1, 0.15) is 11.6 Å². The SMILES string of the molecule is O=C(C=Cc1ccc(S(=O)(=O)Nc2ccccc2Cl)cc1)NCCc1c(F)cccc1F. The lowest BCUT2D eigenvalue weighted by Crippen LogP contribution is -2.24. The summed E-state index contributed by atoms with van der Waals surface area (Å²) in [6.07, 6.45) is 2.77. The highest BCUT2D eigenvalue weighted by atomic mass is 35.5. The van der Waals surface area contributed by atoms with E-state index >= 15 is 0 Å².